The lowest BCUT2D eigenvalue weighted by molar-refractivity contribution is -0.138. The van der Waals surface area contributed by atoms with Crippen molar-refractivity contribution in [2.24, 2.45) is 5.92 Å². The molecule has 2 saturated heterocycles. The zero-order valence-electron chi connectivity index (χ0n) is 14.6. The molecule has 5 heteroatoms. The second kappa shape index (κ2) is 7.99. The minimum Gasteiger partial charge on any atom is -0.484 e. The molecular formula is C19H27NO4. The number of piperidine rings is 1. The lowest BCUT2D eigenvalue weighted by Crippen LogP contribution is -2.43. The number of carbonyl (C=O) groups is 1. The van der Waals surface area contributed by atoms with Crippen LogP contribution in [0.25, 0.3) is 0 Å². The molecule has 2 fully saturated rings. The molecule has 0 bridgehead atoms. The zero-order chi connectivity index (χ0) is 16.9. The van der Waals surface area contributed by atoms with Crippen LogP contribution in [0.4, 0.5) is 0 Å². The van der Waals surface area contributed by atoms with E-state index in [-0.39, 0.29) is 18.8 Å². The molecule has 1 aromatic carbocycles. The number of likely N-dealkylation sites (tertiary alicyclic amines) is 1. The van der Waals surface area contributed by atoms with Crippen LogP contribution in [0.3, 0.4) is 0 Å². The van der Waals surface area contributed by atoms with E-state index < -0.39 is 0 Å². The fraction of sp³-hybridized carbons (Fsp3) is 0.632. The molecule has 0 aliphatic carbocycles. The van der Waals surface area contributed by atoms with E-state index in [9.17, 15) is 4.79 Å². The average molecular weight is 333 g/mol. The van der Waals surface area contributed by atoms with Gasteiger partial charge >= 0.3 is 0 Å². The molecule has 0 unspecified atom stereocenters. The summed E-state index contributed by atoms with van der Waals surface area (Å²) in [5.41, 5.74) is 1.27. The van der Waals surface area contributed by atoms with Crippen molar-refractivity contribution in [1.82, 2.24) is 4.90 Å². The highest BCUT2D eigenvalue weighted by molar-refractivity contribution is 5.77. The molecule has 3 rings (SSSR count). The van der Waals surface area contributed by atoms with Crippen LogP contribution < -0.4 is 4.74 Å². The van der Waals surface area contributed by atoms with Crippen molar-refractivity contribution < 1.29 is 19.0 Å². The Morgan fingerprint density at radius 2 is 1.79 bits per heavy atom. The van der Waals surface area contributed by atoms with Gasteiger partial charge in [0.2, 0.25) is 0 Å². The molecule has 5 nitrogen and oxygen atoms in total. The maximum atomic E-state index is 12.3. The number of hydrogen-bond acceptors (Lipinski definition) is 4. The van der Waals surface area contributed by atoms with E-state index in [1.165, 1.54) is 5.56 Å². The van der Waals surface area contributed by atoms with Crippen molar-refractivity contribution in [1.29, 1.82) is 0 Å². The van der Waals surface area contributed by atoms with Gasteiger partial charge in [-0.3, -0.25) is 4.79 Å². The molecule has 132 valence electrons. The Kier molecular flexibility index (Phi) is 5.74. The van der Waals surface area contributed by atoms with Gasteiger partial charge in [0.25, 0.3) is 5.91 Å². The van der Waals surface area contributed by atoms with Crippen molar-refractivity contribution in [2.75, 3.05) is 32.9 Å². The first kappa shape index (κ1) is 17.2. The summed E-state index contributed by atoms with van der Waals surface area (Å²) < 4.78 is 16.8. The van der Waals surface area contributed by atoms with E-state index in [0.717, 1.165) is 31.7 Å². The molecule has 0 saturated carbocycles. The van der Waals surface area contributed by atoms with Crippen molar-refractivity contribution in [3.8, 4) is 5.75 Å². The highest BCUT2D eigenvalue weighted by Crippen LogP contribution is 2.26. The first-order valence-electron chi connectivity index (χ1n) is 8.87. The molecule has 0 spiro atoms. The predicted octanol–water partition coefficient (Wildman–Crippen LogP) is 2.80. The van der Waals surface area contributed by atoms with Crippen molar-refractivity contribution in [3.63, 3.8) is 0 Å². The fourth-order valence-corrected chi connectivity index (χ4v) is 3.26. The summed E-state index contributed by atoms with van der Waals surface area (Å²) in [5.74, 6) is 1.70. The van der Waals surface area contributed by atoms with Gasteiger partial charge < -0.3 is 19.1 Å². The Balaban J connectivity index is 1.42. The van der Waals surface area contributed by atoms with Gasteiger partial charge in [-0.25, -0.2) is 0 Å². The highest BCUT2D eigenvalue weighted by Gasteiger charge is 2.31. The third kappa shape index (κ3) is 4.28. The minimum absolute atomic E-state index is 0.0506. The Bertz CT molecular complexity index is 529. The summed E-state index contributed by atoms with van der Waals surface area (Å²) in [5, 5.41) is 0. The Labute approximate surface area is 143 Å². The molecule has 2 heterocycles. The van der Waals surface area contributed by atoms with Crippen molar-refractivity contribution >= 4 is 5.91 Å². The van der Waals surface area contributed by atoms with E-state index in [1.807, 2.05) is 17.0 Å². The lowest BCUT2D eigenvalue weighted by Gasteiger charge is -2.33. The van der Waals surface area contributed by atoms with E-state index in [2.05, 4.69) is 26.0 Å². The van der Waals surface area contributed by atoms with Crippen molar-refractivity contribution in [3.05, 3.63) is 29.8 Å². The van der Waals surface area contributed by atoms with Crippen LogP contribution in [0.1, 0.15) is 38.2 Å². The second-order valence-corrected chi connectivity index (χ2v) is 6.84. The number of rotatable bonds is 5. The van der Waals surface area contributed by atoms with Gasteiger partial charge in [0, 0.05) is 19.0 Å². The maximum absolute atomic E-state index is 12.3. The van der Waals surface area contributed by atoms with E-state index >= 15 is 0 Å². The molecule has 0 atom stereocenters. The normalized spacial score (nSPS) is 19.9. The maximum Gasteiger partial charge on any atom is 0.260 e. The number of nitrogens with zero attached hydrogens (tertiary/aromatic N) is 1. The quantitative estimate of drug-likeness (QED) is 0.831. The summed E-state index contributed by atoms with van der Waals surface area (Å²) in [4.78, 5) is 14.2. The van der Waals surface area contributed by atoms with E-state index in [1.54, 1.807) is 0 Å². The molecule has 24 heavy (non-hydrogen) atoms. The molecule has 2 aliphatic heterocycles. The van der Waals surface area contributed by atoms with Crippen LogP contribution in [0.15, 0.2) is 24.3 Å². The van der Waals surface area contributed by atoms with Gasteiger partial charge in [-0.2, -0.15) is 0 Å². The Hall–Kier alpha value is -1.59. The van der Waals surface area contributed by atoms with Crippen LogP contribution in [0.2, 0.25) is 0 Å². The molecule has 0 aromatic heterocycles. The van der Waals surface area contributed by atoms with Gasteiger partial charge in [-0.1, -0.05) is 26.0 Å². The third-order valence-electron chi connectivity index (χ3n) is 4.83. The highest BCUT2D eigenvalue weighted by atomic mass is 16.7. The fourth-order valence-electron chi connectivity index (χ4n) is 3.26. The molecular weight excluding hydrogens is 306 g/mol. The lowest BCUT2D eigenvalue weighted by atomic mass is 9.96. The molecule has 0 N–H and O–H groups in total. The first-order chi connectivity index (χ1) is 11.6. The van der Waals surface area contributed by atoms with Gasteiger partial charge in [-0.15, -0.1) is 0 Å². The first-order valence-corrected chi connectivity index (χ1v) is 8.87. The number of hydrogen-bond donors (Lipinski definition) is 0. The predicted molar refractivity (Wildman–Crippen MR) is 91.0 cm³/mol. The minimum atomic E-state index is -0.0713. The SMILES string of the molecule is CC(C)c1ccc(OCC(=O)N2CCC(C3OCCO3)CC2)cc1. The van der Waals surface area contributed by atoms with Crippen LogP contribution in [0, 0.1) is 5.92 Å². The van der Waals surface area contributed by atoms with Gasteiger partial charge in [-0.05, 0) is 36.5 Å². The summed E-state index contributed by atoms with van der Waals surface area (Å²) in [7, 11) is 0. The number of benzene rings is 1. The van der Waals surface area contributed by atoms with Gasteiger partial charge in [0.15, 0.2) is 12.9 Å². The number of amides is 1. The van der Waals surface area contributed by atoms with Crippen LogP contribution in [-0.2, 0) is 14.3 Å². The van der Waals surface area contributed by atoms with Gasteiger partial charge in [0.1, 0.15) is 5.75 Å². The summed E-state index contributed by atoms with van der Waals surface area (Å²) in [6.45, 7) is 7.29. The number of carbonyl (C=O) groups excluding carboxylic acids is 1. The number of ether oxygens (including phenoxy) is 3. The smallest absolute Gasteiger partial charge is 0.260 e. The van der Waals surface area contributed by atoms with Crippen LogP contribution in [-0.4, -0.2) is 50.0 Å². The van der Waals surface area contributed by atoms with E-state index in [4.69, 9.17) is 14.2 Å². The van der Waals surface area contributed by atoms with Crippen LogP contribution >= 0.6 is 0 Å². The molecule has 1 aromatic rings. The summed E-state index contributed by atoms with van der Waals surface area (Å²) >= 11 is 0. The second-order valence-electron chi connectivity index (χ2n) is 6.84. The molecule has 2 aliphatic rings. The van der Waals surface area contributed by atoms with Crippen molar-refractivity contribution in [2.45, 2.75) is 38.9 Å². The van der Waals surface area contributed by atoms with Gasteiger partial charge in [0.05, 0.1) is 13.2 Å². The van der Waals surface area contributed by atoms with Crippen LogP contribution in [0.5, 0.6) is 5.75 Å². The standard InChI is InChI=1S/C19H27NO4/c1-14(2)15-3-5-17(6-4-15)24-13-18(21)20-9-7-16(8-10-20)19-22-11-12-23-19/h3-6,14,16,19H,7-13H2,1-2H3. The summed E-state index contributed by atoms with van der Waals surface area (Å²) in [6, 6.07) is 7.97. The third-order valence-corrected chi connectivity index (χ3v) is 4.83. The largest absolute Gasteiger partial charge is 0.484 e. The topological polar surface area (TPSA) is 48.0 Å². The Morgan fingerprint density at radius 3 is 2.38 bits per heavy atom. The average Bonchev–Trinajstić information content (AvgIpc) is 3.15. The molecule has 0 radical (unpaired) electrons. The zero-order valence-corrected chi connectivity index (χ0v) is 14.6. The summed E-state index contributed by atoms with van der Waals surface area (Å²) in [6.07, 6.45) is 1.79. The monoisotopic (exact) mass is 333 g/mol. The molecule has 1 amide bonds. The van der Waals surface area contributed by atoms with E-state index in [0.29, 0.717) is 25.0 Å². The Morgan fingerprint density at radius 1 is 1.17 bits per heavy atom.